The molecule has 3 rings (SSSR count). The van der Waals surface area contributed by atoms with Crippen LogP contribution in [0.1, 0.15) is 23.1 Å². The Morgan fingerprint density at radius 1 is 1.40 bits per heavy atom. The maximum atomic E-state index is 12.3. The van der Waals surface area contributed by atoms with Gasteiger partial charge in [-0.25, -0.2) is 4.98 Å². The van der Waals surface area contributed by atoms with Gasteiger partial charge in [-0.1, -0.05) is 6.92 Å². The van der Waals surface area contributed by atoms with Crippen molar-refractivity contribution in [1.82, 2.24) is 19.9 Å². The molecule has 7 heteroatoms. The van der Waals surface area contributed by atoms with Gasteiger partial charge in [0, 0.05) is 25.5 Å². The molecule has 0 saturated carbocycles. The highest BCUT2D eigenvalue weighted by atomic mass is 16.3. The zero-order valence-corrected chi connectivity index (χ0v) is 14.2. The molecule has 0 fully saturated rings. The maximum absolute atomic E-state index is 12.3. The summed E-state index contributed by atoms with van der Waals surface area (Å²) in [4.78, 5) is 31.3. The molecule has 0 aliphatic heterocycles. The summed E-state index contributed by atoms with van der Waals surface area (Å²) in [6.07, 6.45) is 5.18. The first-order valence-electron chi connectivity index (χ1n) is 8.07. The van der Waals surface area contributed by atoms with Gasteiger partial charge in [0.15, 0.2) is 0 Å². The lowest BCUT2D eigenvalue weighted by molar-refractivity contribution is 0.0945. The molecule has 0 bridgehead atoms. The first-order valence-corrected chi connectivity index (χ1v) is 8.07. The van der Waals surface area contributed by atoms with Gasteiger partial charge in [0.1, 0.15) is 17.1 Å². The number of hydrogen-bond donors (Lipinski definition) is 2. The van der Waals surface area contributed by atoms with Crippen molar-refractivity contribution in [3.8, 4) is 11.5 Å². The number of H-pyrrole nitrogens is 1. The largest absolute Gasteiger partial charge is 0.463 e. The molecule has 0 saturated heterocycles. The molecule has 25 heavy (non-hydrogen) atoms. The van der Waals surface area contributed by atoms with Gasteiger partial charge in [-0.05, 0) is 37.1 Å². The fourth-order valence-electron chi connectivity index (χ4n) is 2.59. The third-order valence-electron chi connectivity index (χ3n) is 3.98. The van der Waals surface area contributed by atoms with Crippen molar-refractivity contribution in [3.05, 3.63) is 64.7 Å². The molecule has 0 aliphatic rings. The first-order chi connectivity index (χ1) is 12.0. The number of amides is 1. The molecular formula is C18H20N4O3. The van der Waals surface area contributed by atoms with E-state index in [2.05, 4.69) is 15.3 Å². The minimum atomic E-state index is -0.440. The zero-order valence-electron chi connectivity index (χ0n) is 14.2. The molecule has 1 unspecified atom stereocenters. The Hall–Kier alpha value is -3.09. The van der Waals surface area contributed by atoms with Gasteiger partial charge < -0.3 is 19.3 Å². The van der Waals surface area contributed by atoms with Crippen LogP contribution in [0.25, 0.3) is 11.5 Å². The van der Waals surface area contributed by atoms with Gasteiger partial charge in [-0.15, -0.1) is 0 Å². The molecule has 3 heterocycles. The fraction of sp³-hybridized carbons (Fsp3) is 0.278. The van der Waals surface area contributed by atoms with Crippen LogP contribution in [0.15, 0.2) is 52.1 Å². The Balaban J connectivity index is 1.61. The standard InChI is InChI=1S/C18H20N4O3/c1-12(11-22-8-7-19-13(22)2)10-20-17(23)14-5-6-15(21-18(14)24)16-4-3-9-25-16/h3-9,12H,10-11H2,1-2H3,(H,20,23)(H,21,24). The first kappa shape index (κ1) is 16.8. The average Bonchev–Trinajstić information content (AvgIpc) is 3.25. The van der Waals surface area contributed by atoms with Crippen molar-refractivity contribution in [2.24, 2.45) is 5.92 Å². The predicted octanol–water partition coefficient (Wildman–Crippen LogP) is 2.21. The minimum absolute atomic E-state index is 0.0846. The molecule has 0 spiro atoms. The Morgan fingerprint density at radius 2 is 2.24 bits per heavy atom. The molecule has 3 aromatic rings. The number of carbonyl (C=O) groups excluding carboxylic acids is 1. The fourth-order valence-corrected chi connectivity index (χ4v) is 2.59. The number of nitrogens with zero attached hydrogens (tertiary/aromatic N) is 2. The van der Waals surface area contributed by atoms with Crippen LogP contribution in [-0.2, 0) is 6.54 Å². The van der Waals surface area contributed by atoms with Crippen molar-refractivity contribution in [2.75, 3.05) is 6.54 Å². The van der Waals surface area contributed by atoms with Crippen LogP contribution >= 0.6 is 0 Å². The second kappa shape index (κ2) is 7.21. The van der Waals surface area contributed by atoms with Crippen LogP contribution in [0, 0.1) is 12.8 Å². The second-order valence-corrected chi connectivity index (χ2v) is 6.03. The highest BCUT2D eigenvalue weighted by molar-refractivity contribution is 5.94. The molecule has 2 N–H and O–H groups in total. The summed E-state index contributed by atoms with van der Waals surface area (Å²) in [5.74, 6) is 1.30. The van der Waals surface area contributed by atoms with Crippen LogP contribution in [0.4, 0.5) is 0 Å². The molecular weight excluding hydrogens is 320 g/mol. The number of aromatic amines is 1. The molecule has 0 aromatic carbocycles. The molecule has 7 nitrogen and oxygen atoms in total. The highest BCUT2D eigenvalue weighted by Crippen LogP contribution is 2.15. The molecule has 0 aliphatic carbocycles. The Kier molecular flexibility index (Phi) is 4.83. The lowest BCUT2D eigenvalue weighted by Gasteiger charge is -2.14. The number of pyridine rings is 1. The number of aromatic nitrogens is 3. The van der Waals surface area contributed by atoms with Gasteiger partial charge in [0.05, 0.1) is 12.0 Å². The second-order valence-electron chi connectivity index (χ2n) is 6.03. The van der Waals surface area contributed by atoms with Gasteiger partial charge in [0.2, 0.25) is 0 Å². The minimum Gasteiger partial charge on any atom is -0.463 e. The van der Waals surface area contributed by atoms with Crippen molar-refractivity contribution in [1.29, 1.82) is 0 Å². The SMILES string of the molecule is Cc1nccn1CC(C)CNC(=O)c1ccc(-c2ccco2)[nH]c1=O. The van der Waals surface area contributed by atoms with E-state index in [-0.39, 0.29) is 17.4 Å². The number of imidazole rings is 1. The van der Waals surface area contributed by atoms with E-state index in [1.165, 1.54) is 12.3 Å². The van der Waals surface area contributed by atoms with Gasteiger partial charge in [-0.3, -0.25) is 9.59 Å². The average molecular weight is 340 g/mol. The molecule has 1 atom stereocenters. The summed E-state index contributed by atoms with van der Waals surface area (Å²) in [6, 6.07) is 6.65. The summed E-state index contributed by atoms with van der Waals surface area (Å²) in [6.45, 7) is 5.19. The van der Waals surface area contributed by atoms with Gasteiger partial charge in [-0.2, -0.15) is 0 Å². The smallest absolute Gasteiger partial charge is 0.261 e. The van der Waals surface area contributed by atoms with Gasteiger partial charge in [0.25, 0.3) is 11.5 Å². The van der Waals surface area contributed by atoms with E-state index >= 15 is 0 Å². The van der Waals surface area contributed by atoms with Crippen molar-refractivity contribution in [3.63, 3.8) is 0 Å². The summed E-state index contributed by atoms with van der Waals surface area (Å²) in [5.41, 5.74) is 0.182. The number of hydrogen-bond acceptors (Lipinski definition) is 4. The lowest BCUT2D eigenvalue weighted by Crippen LogP contribution is -2.33. The van der Waals surface area contributed by atoms with E-state index in [1.807, 2.05) is 24.6 Å². The number of aryl methyl sites for hydroxylation is 1. The number of rotatable bonds is 6. The number of carbonyl (C=O) groups is 1. The van der Waals surface area contributed by atoms with Crippen molar-refractivity contribution < 1.29 is 9.21 Å². The Bertz CT molecular complexity index is 909. The summed E-state index contributed by atoms with van der Waals surface area (Å²) in [7, 11) is 0. The molecule has 130 valence electrons. The monoisotopic (exact) mass is 340 g/mol. The normalized spacial score (nSPS) is 12.1. The topological polar surface area (TPSA) is 92.9 Å². The summed E-state index contributed by atoms with van der Waals surface area (Å²) < 4.78 is 7.26. The van der Waals surface area contributed by atoms with Crippen LogP contribution < -0.4 is 10.9 Å². The van der Waals surface area contributed by atoms with E-state index in [0.29, 0.717) is 18.0 Å². The summed E-state index contributed by atoms with van der Waals surface area (Å²) >= 11 is 0. The lowest BCUT2D eigenvalue weighted by atomic mass is 10.1. The van der Waals surface area contributed by atoms with Crippen LogP contribution in [0.3, 0.4) is 0 Å². The Labute approximate surface area is 144 Å². The predicted molar refractivity (Wildman–Crippen MR) is 93.2 cm³/mol. The van der Waals surface area contributed by atoms with E-state index in [0.717, 1.165) is 12.4 Å². The van der Waals surface area contributed by atoms with Crippen molar-refractivity contribution in [2.45, 2.75) is 20.4 Å². The van der Waals surface area contributed by atoms with E-state index in [4.69, 9.17) is 4.42 Å². The summed E-state index contributed by atoms with van der Waals surface area (Å²) in [5, 5.41) is 2.81. The molecule has 0 radical (unpaired) electrons. The Morgan fingerprint density at radius 3 is 2.88 bits per heavy atom. The molecule has 3 aromatic heterocycles. The third-order valence-corrected chi connectivity index (χ3v) is 3.98. The molecule has 1 amide bonds. The van der Waals surface area contributed by atoms with E-state index in [1.54, 1.807) is 24.4 Å². The third kappa shape index (κ3) is 3.88. The van der Waals surface area contributed by atoms with E-state index in [9.17, 15) is 9.59 Å². The van der Waals surface area contributed by atoms with Crippen LogP contribution in [0.5, 0.6) is 0 Å². The van der Waals surface area contributed by atoms with Gasteiger partial charge >= 0.3 is 0 Å². The zero-order chi connectivity index (χ0) is 17.8. The number of nitrogens with one attached hydrogen (secondary N) is 2. The quantitative estimate of drug-likeness (QED) is 0.719. The van der Waals surface area contributed by atoms with E-state index < -0.39 is 5.56 Å². The van der Waals surface area contributed by atoms with Crippen LogP contribution in [-0.4, -0.2) is 27.0 Å². The maximum Gasteiger partial charge on any atom is 0.261 e. The van der Waals surface area contributed by atoms with Crippen molar-refractivity contribution >= 4 is 5.91 Å². The van der Waals surface area contributed by atoms with Crippen LogP contribution in [0.2, 0.25) is 0 Å². The highest BCUT2D eigenvalue weighted by Gasteiger charge is 2.13. The number of furan rings is 1.